The van der Waals surface area contributed by atoms with Crippen LogP contribution in [-0.2, 0) is 22.5 Å². The molecule has 1 aliphatic heterocycles. The van der Waals surface area contributed by atoms with E-state index in [4.69, 9.17) is 14.2 Å². The van der Waals surface area contributed by atoms with Gasteiger partial charge < -0.3 is 24.4 Å². The van der Waals surface area contributed by atoms with Gasteiger partial charge in [-0.15, -0.1) is 0 Å². The quantitative estimate of drug-likeness (QED) is 0.442. The summed E-state index contributed by atoms with van der Waals surface area (Å²) in [6.45, 7) is 6.79. The van der Waals surface area contributed by atoms with Gasteiger partial charge in [0.05, 0.1) is 25.5 Å². The van der Waals surface area contributed by atoms with Gasteiger partial charge >= 0.3 is 6.09 Å². The first-order valence-corrected chi connectivity index (χ1v) is 12.9. The molecule has 0 fully saturated rings. The molecule has 1 atom stereocenters. The predicted molar refractivity (Wildman–Crippen MR) is 149 cm³/mol. The van der Waals surface area contributed by atoms with Crippen molar-refractivity contribution in [1.82, 2.24) is 20.0 Å². The van der Waals surface area contributed by atoms with Gasteiger partial charge in [-0.2, -0.15) is 5.10 Å². The van der Waals surface area contributed by atoms with Crippen molar-refractivity contribution in [3.05, 3.63) is 59.9 Å². The number of methoxy groups -OCH3 is 1. The molecule has 10 heteroatoms. The number of rotatable bonds is 8. The summed E-state index contributed by atoms with van der Waals surface area (Å²) in [5.41, 5.74) is 3.52. The summed E-state index contributed by atoms with van der Waals surface area (Å²) in [5, 5.41) is 9.86. The molecule has 0 aliphatic carbocycles. The number of hydrogen-bond acceptors (Lipinski definition) is 7. The SMILES string of the molecule is COc1ccc2c(c1)CN(C(=O)OC(C)(C)C)[C@@H](C(=O)Nc1ccc(-c3cn[nH]c3)cc1OCCN(C)C)C2. The number of H-pyrrole nitrogens is 1. The van der Waals surface area contributed by atoms with E-state index in [0.29, 0.717) is 36.8 Å². The maximum Gasteiger partial charge on any atom is 0.411 e. The van der Waals surface area contributed by atoms with Gasteiger partial charge in [0.25, 0.3) is 0 Å². The average Bonchev–Trinajstić information content (AvgIpc) is 3.42. The Bertz CT molecular complexity index is 1300. The van der Waals surface area contributed by atoms with Gasteiger partial charge in [0.15, 0.2) is 0 Å². The van der Waals surface area contributed by atoms with E-state index in [2.05, 4.69) is 15.5 Å². The van der Waals surface area contributed by atoms with E-state index in [9.17, 15) is 9.59 Å². The average molecular weight is 536 g/mol. The van der Waals surface area contributed by atoms with Crippen molar-refractivity contribution in [1.29, 1.82) is 0 Å². The first-order chi connectivity index (χ1) is 18.5. The number of aromatic nitrogens is 2. The number of carbonyl (C=O) groups excluding carboxylic acids is 2. The largest absolute Gasteiger partial charge is 0.497 e. The minimum Gasteiger partial charge on any atom is -0.497 e. The van der Waals surface area contributed by atoms with Crippen LogP contribution in [0.3, 0.4) is 0 Å². The Hall–Kier alpha value is -4.05. The fourth-order valence-electron chi connectivity index (χ4n) is 4.32. The number of hydrogen-bond donors (Lipinski definition) is 2. The Balaban J connectivity index is 1.62. The summed E-state index contributed by atoms with van der Waals surface area (Å²) < 4.78 is 17.1. The molecular weight excluding hydrogens is 498 g/mol. The summed E-state index contributed by atoms with van der Waals surface area (Å²) in [6.07, 6.45) is 3.32. The molecule has 2 aromatic carbocycles. The predicted octanol–water partition coefficient (Wildman–Crippen LogP) is 4.33. The zero-order valence-corrected chi connectivity index (χ0v) is 23.4. The molecule has 39 heavy (non-hydrogen) atoms. The van der Waals surface area contributed by atoms with Crippen molar-refractivity contribution in [2.45, 2.75) is 45.4 Å². The van der Waals surface area contributed by atoms with Crippen molar-refractivity contribution in [2.75, 3.05) is 39.7 Å². The molecule has 0 radical (unpaired) electrons. The zero-order chi connectivity index (χ0) is 28.2. The fraction of sp³-hybridized carbons (Fsp3) is 0.414. The molecular formula is C29H37N5O5. The van der Waals surface area contributed by atoms with Crippen LogP contribution in [0.4, 0.5) is 10.5 Å². The van der Waals surface area contributed by atoms with Crippen LogP contribution in [0, 0.1) is 0 Å². The van der Waals surface area contributed by atoms with Crippen LogP contribution in [0.15, 0.2) is 48.8 Å². The molecule has 4 rings (SSSR count). The Labute approximate surface area is 229 Å². The minimum atomic E-state index is -0.774. The van der Waals surface area contributed by atoms with Crippen molar-refractivity contribution >= 4 is 17.7 Å². The van der Waals surface area contributed by atoms with E-state index in [1.54, 1.807) is 40.3 Å². The molecule has 2 heterocycles. The Morgan fingerprint density at radius 2 is 1.92 bits per heavy atom. The lowest BCUT2D eigenvalue weighted by atomic mass is 9.93. The smallest absolute Gasteiger partial charge is 0.411 e. The fourth-order valence-corrected chi connectivity index (χ4v) is 4.32. The van der Waals surface area contributed by atoms with Crippen molar-refractivity contribution in [2.24, 2.45) is 0 Å². The first-order valence-electron chi connectivity index (χ1n) is 12.9. The summed E-state index contributed by atoms with van der Waals surface area (Å²) in [5.74, 6) is 0.905. The lowest BCUT2D eigenvalue weighted by Crippen LogP contribution is -2.52. The van der Waals surface area contributed by atoms with E-state index in [-0.39, 0.29) is 12.5 Å². The molecule has 0 saturated heterocycles. The zero-order valence-electron chi connectivity index (χ0n) is 23.4. The van der Waals surface area contributed by atoms with Gasteiger partial charge in [0, 0.05) is 24.7 Å². The summed E-state index contributed by atoms with van der Waals surface area (Å²) >= 11 is 0. The highest BCUT2D eigenvalue weighted by Crippen LogP contribution is 2.33. The Morgan fingerprint density at radius 3 is 2.59 bits per heavy atom. The van der Waals surface area contributed by atoms with Crippen molar-refractivity contribution in [3.63, 3.8) is 0 Å². The van der Waals surface area contributed by atoms with Crippen LogP contribution in [0.5, 0.6) is 11.5 Å². The molecule has 0 unspecified atom stereocenters. The molecule has 208 valence electrons. The highest BCUT2D eigenvalue weighted by molar-refractivity contribution is 5.98. The second-order valence-corrected chi connectivity index (χ2v) is 10.8. The topological polar surface area (TPSA) is 109 Å². The lowest BCUT2D eigenvalue weighted by Gasteiger charge is -2.37. The van der Waals surface area contributed by atoms with E-state index in [1.807, 2.05) is 55.4 Å². The van der Waals surface area contributed by atoms with Gasteiger partial charge in [-0.1, -0.05) is 12.1 Å². The number of ether oxygens (including phenoxy) is 3. The number of nitrogens with one attached hydrogen (secondary N) is 2. The molecule has 0 saturated carbocycles. The normalized spacial score (nSPS) is 15.1. The van der Waals surface area contributed by atoms with Gasteiger partial charge in [-0.05, 0) is 75.8 Å². The first kappa shape index (κ1) is 28.0. The number of likely N-dealkylation sites (N-methyl/N-ethyl adjacent to an activating group) is 1. The second kappa shape index (κ2) is 11.8. The number of amides is 2. The molecule has 0 spiro atoms. The second-order valence-electron chi connectivity index (χ2n) is 10.8. The Morgan fingerprint density at radius 1 is 1.13 bits per heavy atom. The molecule has 10 nitrogen and oxygen atoms in total. The highest BCUT2D eigenvalue weighted by atomic mass is 16.6. The van der Waals surface area contributed by atoms with Crippen LogP contribution in [0.25, 0.3) is 11.1 Å². The maximum atomic E-state index is 13.8. The number of nitrogens with zero attached hydrogens (tertiary/aromatic N) is 3. The standard InChI is InChI=1S/C29H37N5O5/c1-29(2,3)39-28(36)34-18-21-13-23(37-6)9-7-19(21)14-25(34)27(35)32-24-10-8-20(22-16-30-31-17-22)15-26(24)38-12-11-33(4)5/h7-10,13,15-17,25H,11-12,14,18H2,1-6H3,(H,30,31)(H,32,35)/t25-/m1/s1. The van der Waals surface area contributed by atoms with Gasteiger partial charge in [0.1, 0.15) is 29.7 Å². The Kier molecular flexibility index (Phi) is 8.44. The third-order valence-corrected chi connectivity index (χ3v) is 6.34. The van der Waals surface area contributed by atoms with Gasteiger partial charge in [-0.25, -0.2) is 4.79 Å². The lowest BCUT2D eigenvalue weighted by molar-refractivity contribution is -0.121. The number of fused-ring (bicyclic) bond motifs is 1. The molecule has 0 bridgehead atoms. The summed E-state index contributed by atoms with van der Waals surface area (Å²) in [6, 6.07) is 10.5. The van der Waals surface area contributed by atoms with Crippen LogP contribution in [0.2, 0.25) is 0 Å². The number of anilines is 1. The number of carbonyl (C=O) groups is 2. The monoisotopic (exact) mass is 535 g/mol. The van der Waals surface area contributed by atoms with Gasteiger partial charge in [-0.3, -0.25) is 14.8 Å². The summed E-state index contributed by atoms with van der Waals surface area (Å²) in [4.78, 5) is 30.5. The van der Waals surface area contributed by atoms with E-state index in [0.717, 1.165) is 22.3 Å². The molecule has 2 N–H and O–H groups in total. The number of aromatic amines is 1. The van der Waals surface area contributed by atoms with Gasteiger partial charge in [0.2, 0.25) is 5.91 Å². The molecule has 3 aromatic rings. The van der Waals surface area contributed by atoms with E-state index < -0.39 is 17.7 Å². The third kappa shape index (κ3) is 7.08. The minimum absolute atomic E-state index is 0.227. The molecule has 1 aromatic heterocycles. The maximum absolute atomic E-state index is 13.8. The molecule has 1 aliphatic rings. The molecule has 2 amide bonds. The summed E-state index contributed by atoms with van der Waals surface area (Å²) in [7, 11) is 5.54. The van der Waals surface area contributed by atoms with Crippen LogP contribution < -0.4 is 14.8 Å². The number of benzene rings is 2. The van der Waals surface area contributed by atoms with Crippen molar-refractivity contribution < 1.29 is 23.8 Å². The van der Waals surface area contributed by atoms with E-state index >= 15 is 0 Å². The van der Waals surface area contributed by atoms with E-state index in [1.165, 1.54) is 4.90 Å². The van der Waals surface area contributed by atoms with Crippen LogP contribution in [-0.4, -0.2) is 78.0 Å². The third-order valence-electron chi connectivity index (χ3n) is 6.34. The van der Waals surface area contributed by atoms with Crippen molar-refractivity contribution in [3.8, 4) is 22.6 Å². The van der Waals surface area contributed by atoms with Crippen LogP contribution in [0.1, 0.15) is 31.9 Å². The van der Waals surface area contributed by atoms with Crippen LogP contribution >= 0.6 is 0 Å². The highest BCUT2D eigenvalue weighted by Gasteiger charge is 2.37.